The molecule has 3 nitrogen and oxygen atoms in total. The molecule has 0 amide bonds. The van der Waals surface area contributed by atoms with E-state index < -0.39 is 0 Å². The monoisotopic (exact) mass is 627 g/mol. The van der Waals surface area contributed by atoms with Gasteiger partial charge in [-0.05, 0) is 115 Å². The molecule has 9 aromatic rings. The van der Waals surface area contributed by atoms with Crippen molar-refractivity contribution in [2.24, 2.45) is 0 Å². The largest absolute Gasteiger partial charge is 0.309 e. The molecular weight excluding hydrogens is 595 g/mol. The molecule has 0 radical (unpaired) electrons. The zero-order valence-corrected chi connectivity index (χ0v) is 27.7. The van der Waals surface area contributed by atoms with Crippen LogP contribution in [0.2, 0.25) is 0 Å². The molecule has 0 aliphatic carbocycles. The lowest BCUT2D eigenvalue weighted by Crippen LogP contribution is -1.97. The van der Waals surface area contributed by atoms with E-state index in [4.69, 9.17) is 0 Å². The first-order chi connectivity index (χ1) is 24.0. The number of benzene rings is 7. The number of para-hydroxylation sites is 3. The van der Waals surface area contributed by atoms with Gasteiger partial charge in [-0.3, -0.25) is 0 Å². The van der Waals surface area contributed by atoms with Crippen LogP contribution in [0, 0.1) is 32.1 Å². The van der Waals surface area contributed by atoms with Crippen LogP contribution in [0.15, 0.2) is 146 Å². The van der Waals surface area contributed by atoms with Crippen LogP contribution in [-0.4, -0.2) is 9.13 Å². The number of aromatic nitrogens is 2. The molecule has 0 fully saturated rings. The van der Waals surface area contributed by atoms with Crippen molar-refractivity contribution in [2.75, 3.05) is 0 Å². The van der Waals surface area contributed by atoms with Crippen LogP contribution >= 0.6 is 0 Å². The van der Waals surface area contributed by atoms with E-state index >= 15 is 0 Å². The molecule has 0 saturated carbocycles. The molecule has 0 N–H and O–H groups in total. The Bertz CT molecular complexity index is 2730. The average molecular weight is 628 g/mol. The highest BCUT2D eigenvalue weighted by atomic mass is 15.0. The summed E-state index contributed by atoms with van der Waals surface area (Å²) in [5.41, 5.74) is 15.8. The molecule has 0 atom stereocenters. The fourth-order valence-electron chi connectivity index (χ4n) is 8.02. The molecule has 0 aliphatic rings. The van der Waals surface area contributed by atoms with Gasteiger partial charge in [0.25, 0.3) is 0 Å². The van der Waals surface area contributed by atoms with Crippen LogP contribution in [0.3, 0.4) is 0 Å². The summed E-state index contributed by atoms with van der Waals surface area (Å²) in [5, 5.41) is 15.1. The van der Waals surface area contributed by atoms with Gasteiger partial charge in [-0.1, -0.05) is 90.5 Å². The normalized spacial score (nSPS) is 11.6. The molecule has 49 heavy (non-hydrogen) atoms. The molecule has 0 saturated heterocycles. The molecular formula is C46H33N3. The molecule has 0 spiro atoms. The first kappa shape index (κ1) is 28.8. The summed E-state index contributed by atoms with van der Waals surface area (Å²) in [6.45, 7) is 6.56. The lowest BCUT2D eigenvalue weighted by Gasteiger charge is -2.14. The highest BCUT2D eigenvalue weighted by Gasteiger charge is 2.17. The minimum atomic E-state index is 0.632. The number of aryl methyl sites for hydroxylation is 3. The third kappa shape index (κ3) is 4.57. The van der Waals surface area contributed by atoms with Gasteiger partial charge in [0.2, 0.25) is 0 Å². The zero-order chi connectivity index (χ0) is 33.2. The Labute approximate surface area is 285 Å². The summed E-state index contributed by atoms with van der Waals surface area (Å²) in [7, 11) is 0. The van der Waals surface area contributed by atoms with Gasteiger partial charge in [0.05, 0.1) is 33.7 Å². The predicted octanol–water partition coefficient (Wildman–Crippen LogP) is 12.0. The summed E-state index contributed by atoms with van der Waals surface area (Å²) in [4.78, 5) is 0. The van der Waals surface area contributed by atoms with Crippen molar-refractivity contribution in [1.29, 1.82) is 5.26 Å². The maximum atomic E-state index is 10.2. The Balaban J connectivity index is 1.19. The Hall–Kier alpha value is -6.37. The second kappa shape index (κ2) is 11.1. The van der Waals surface area contributed by atoms with Crippen LogP contribution in [0.25, 0.3) is 77.2 Å². The van der Waals surface area contributed by atoms with Crippen molar-refractivity contribution < 1.29 is 0 Å². The first-order valence-corrected chi connectivity index (χ1v) is 16.7. The van der Waals surface area contributed by atoms with Crippen molar-refractivity contribution in [3.05, 3.63) is 168 Å². The molecule has 232 valence electrons. The SMILES string of the molecule is Cc1cc(C)c(-c2ccc3c(c2)c2ccccc2n3-c2cc(C#N)cc(-c3ccc(-n4c5ccccc5c5ccccc54)cc3)c2)c(C)c1. The van der Waals surface area contributed by atoms with Gasteiger partial charge in [-0.2, -0.15) is 5.26 Å². The molecule has 2 aromatic heterocycles. The number of hydrogen-bond acceptors (Lipinski definition) is 1. The van der Waals surface area contributed by atoms with E-state index in [1.165, 1.54) is 60.4 Å². The van der Waals surface area contributed by atoms with Crippen LogP contribution in [-0.2, 0) is 0 Å². The molecule has 0 bridgehead atoms. The van der Waals surface area contributed by atoms with Gasteiger partial charge < -0.3 is 9.13 Å². The van der Waals surface area contributed by atoms with Crippen LogP contribution in [0.1, 0.15) is 22.3 Å². The summed E-state index contributed by atoms with van der Waals surface area (Å²) in [6.07, 6.45) is 0. The average Bonchev–Trinajstić information content (AvgIpc) is 3.64. The van der Waals surface area contributed by atoms with E-state index in [2.05, 4.69) is 169 Å². The second-order valence-electron chi connectivity index (χ2n) is 13.2. The van der Waals surface area contributed by atoms with Crippen molar-refractivity contribution in [1.82, 2.24) is 9.13 Å². The highest BCUT2D eigenvalue weighted by molar-refractivity contribution is 6.11. The number of fused-ring (bicyclic) bond motifs is 6. The van der Waals surface area contributed by atoms with E-state index in [0.717, 1.165) is 33.5 Å². The maximum Gasteiger partial charge on any atom is 0.0992 e. The lowest BCUT2D eigenvalue weighted by atomic mass is 9.93. The lowest BCUT2D eigenvalue weighted by molar-refractivity contribution is 1.17. The maximum absolute atomic E-state index is 10.2. The highest BCUT2D eigenvalue weighted by Crippen LogP contribution is 2.38. The summed E-state index contributed by atoms with van der Waals surface area (Å²) in [5.74, 6) is 0. The van der Waals surface area contributed by atoms with Crippen LogP contribution in [0.4, 0.5) is 0 Å². The summed E-state index contributed by atoms with van der Waals surface area (Å²) < 4.78 is 4.64. The van der Waals surface area contributed by atoms with Gasteiger partial charge in [0.1, 0.15) is 0 Å². The van der Waals surface area contributed by atoms with Gasteiger partial charge in [0, 0.05) is 32.9 Å². The van der Waals surface area contributed by atoms with E-state index in [1.807, 2.05) is 12.1 Å². The van der Waals surface area contributed by atoms with Crippen molar-refractivity contribution >= 4 is 43.6 Å². The topological polar surface area (TPSA) is 33.6 Å². The fourth-order valence-corrected chi connectivity index (χ4v) is 8.02. The van der Waals surface area contributed by atoms with Crippen LogP contribution in [0.5, 0.6) is 0 Å². The standard InChI is InChI=1S/C46H33N3/c1-29-22-30(2)46(31(3)23-29)34-18-21-45-41(27-34)40-12-6-9-15-44(40)49(45)37-25-32(28-47)24-35(26-37)33-16-19-36(20-17-33)48-42-13-7-4-10-38(42)39-11-5-8-14-43(39)48/h4-27H,1-3H3. The predicted molar refractivity (Wildman–Crippen MR) is 205 cm³/mol. The Morgan fingerprint density at radius 2 is 0.939 bits per heavy atom. The fraction of sp³-hybridized carbons (Fsp3) is 0.0652. The van der Waals surface area contributed by atoms with Crippen molar-refractivity contribution in [2.45, 2.75) is 20.8 Å². The minimum Gasteiger partial charge on any atom is -0.309 e. The van der Waals surface area contributed by atoms with Crippen LogP contribution < -0.4 is 0 Å². The molecule has 9 rings (SSSR count). The second-order valence-corrected chi connectivity index (χ2v) is 13.2. The third-order valence-electron chi connectivity index (χ3n) is 9.98. The van der Waals surface area contributed by atoms with Gasteiger partial charge in [-0.25, -0.2) is 0 Å². The first-order valence-electron chi connectivity index (χ1n) is 16.7. The van der Waals surface area contributed by atoms with Crippen molar-refractivity contribution in [3.63, 3.8) is 0 Å². The minimum absolute atomic E-state index is 0.632. The van der Waals surface area contributed by atoms with Gasteiger partial charge in [-0.15, -0.1) is 0 Å². The van der Waals surface area contributed by atoms with Crippen molar-refractivity contribution in [3.8, 4) is 39.7 Å². The van der Waals surface area contributed by atoms with E-state index in [0.29, 0.717) is 5.56 Å². The van der Waals surface area contributed by atoms with Gasteiger partial charge in [0.15, 0.2) is 0 Å². The molecule has 0 aliphatic heterocycles. The van der Waals surface area contributed by atoms with E-state index in [9.17, 15) is 5.26 Å². The number of rotatable bonds is 4. The number of hydrogen-bond donors (Lipinski definition) is 0. The van der Waals surface area contributed by atoms with E-state index in [-0.39, 0.29) is 0 Å². The number of nitrogens with zero attached hydrogens (tertiary/aromatic N) is 3. The molecule has 0 unspecified atom stereocenters. The Kier molecular flexibility index (Phi) is 6.54. The molecule has 2 heterocycles. The van der Waals surface area contributed by atoms with Gasteiger partial charge >= 0.3 is 0 Å². The summed E-state index contributed by atoms with van der Waals surface area (Å²) in [6, 6.07) is 54.4. The summed E-state index contributed by atoms with van der Waals surface area (Å²) >= 11 is 0. The smallest absolute Gasteiger partial charge is 0.0992 e. The Morgan fingerprint density at radius 1 is 0.429 bits per heavy atom. The Morgan fingerprint density at radius 3 is 1.53 bits per heavy atom. The molecule has 7 aromatic carbocycles. The van der Waals surface area contributed by atoms with E-state index in [1.54, 1.807) is 0 Å². The third-order valence-corrected chi connectivity index (χ3v) is 9.98. The number of nitriles is 1. The quantitative estimate of drug-likeness (QED) is 0.191. The molecule has 3 heteroatoms. The zero-order valence-electron chi connectivity index (χ0n) is 27.7.